The lowest BCUT2D eigenvalue weighted by atomic mass is 10.4. The lowest BCUT2D eigenvalue weighted by molar-refractivity contribution is 0.583. The van der Waals surface area contributed by atoms with Crippen molar-refractivity contribution in [3.63, 3.8) is 0 Å². The minimum atomic E-state index is -3.13. The molecule has 0 bridgehead atoms. The van der Waals surface area contributed by atoms with Crippen LogP contribution in [0.15, 0.2) is 5.16 Å². The van der Waals surface area contributed by atoms with Crippen molar-refractivity contribution in [2.75, 3.05) is 19.1 Å². The predicted molar refractivity (Wildman–Crippen MR) is 64.0 cm³/mol. The summed E-state index contributed by atoms with van der Waals surface area (Å²) in [4.78, 5) is 0. The van der Waals surface area contributed by atoms with Crippen molar-refractivity contribution in [2.24, 2.45) is 0 Å². The van der Waals surface area contributed by atoms with Crippen molar-refractivity contribution in [3.05, 3.63) is 5.82 Å². The van der Waals surface area contributed by atoms with Gasteiger partial charge in [-0.1, -0.05) is 11.8 Å². The van der Waals surface area contributed by atoms with Crippen LogP contribution in [-0.4, -0.2) is 42.2 Å². The minimum Gasteiger partial charge on any atom is -0.306 e. The zero-order valence-corrected chi connectivity index (χ0v) is 11.2. The van der Waals surface area contributed by atoms with Gasteiger partial charge in [-0.2, -0.15) is 0 Å². The second-order valence-corrected chi connectivity index (χ2v) is 5.87. The number of nitrogens with one attached hydrogen (secondary N) is 1. The molecular weight excluding hydrogens is 248 g/mol. The van der Waals surface area contributed by atoms with Crippen LogP contribution < -0.4 is 4.72 Å². The number of hydrogen-bond donors (Lipinski definition) is 1. The van der Waals surface area contributed by atoms with Gasteiger partial charge in [0, 0.05) is 19.5 Å². The fraction of sp³-hybridized carbons (Fsp3) is 0.750. The van der Waals surface area contributed by atoms with Gasteiger partial charge in [0.15, 0.2) is 5.16 Å². The molecular formula is C8H16N4O2S2. The highest BCUT2D eigenvalue weighted by Crippen LogP contribution is 2.13. The second kappa shape index (κ2) is 5.65. The first-order chi connectivity index (χ1) is 7.48. The third-order valence-electron chi connectivity index (χ3n) is 2.01. The van der Waals surface area contributed by atoms with Crippen molar-refractivity contribution in [2.45, 2.75) is 25.0 Å². The van der Waals surface area contributed by atoms with Gasteiger partial charge in [-0.05, 0) is 13.2 Å². The van der Waals surface area contributed by atoms with E-state index in [0.29, 0.717) is 13.0 Å². The molecule has 1 aromatic heterocycles. The van der Waals surface area contributed by atoms with Crippen LogP contribution in [0.2, 0.25) is 0 Å². The summed E-state index contributed by atoms with van der Waals surface area (Å²) in [5, 5.41) is 8.91. The third kappa shape index (κ3) is 3.76. The zero-order valence-electron chi connectivity index (χ0n) is 9.60. The number of aromatic nitrogens is 3. The van der Waals surface area contributed by atoms with Crippen LogP contribution in [0.1, 0.15) is 12.7 Å². The van der Waals surface area contributed by atoms with Crippen LogP contribution in [0.25, 0.3) is 0 Å². The molecule has 0 atom stereocenters. The molecule has 92 valence electrons. The topological polar surface area (TPSA) is 76.9 Å². The van der Waals surface area contributed by atoms with Crippen molar-refractivity contribution in [1.82, 2.24) is 19.5 Å². The summed E-state index contributed by atoms with van der Waals surface area (Å²) in [6.07, 6.45) is 3.63. The molecule has 0 unspecified atom stereocenters. The van der Waals surface area contributed by atoms with Crippen LogP contribution in [0.4, 0.5) is 0 Å². The van der Waals surface area contributed by atoms with Crippen molar-refractivity contribution >= 4 is 21.8 Å². The molecule has 8 heteroatoms. The molecule has 0 saturated heterocycles. The normalized spacial score (nSPS) is 11.9. The number of rotatable bonds is 6. The standard InChI is InChI=1S/C8H16N4O2S2/c1-4-12-7(10-11-8(12)15-2)5-6-9-16(3,13)14/h9H,4-6H2,1-3H3. The summed E-state index contributed by atoms with van der Waals surface area (Å²) in [6.45, 7) is 3.15. The maximum absolute atomic E-state index is 10.9. The highest BCUT2D eigenvalue weighted by molar-refractivity contribution is 7.98. The number of thioether (sulfide) groups is 1. The van der Waals surface area contributed by atoms with Crippen LogP contribution in [0.5, 0.6) is 0 Å². The molecule has 0 aliphatic heterocycles. The van der Waals surface area contributed by atoms with Gasteiger partial charge in [0.25, 0.3) is 0 Å². The Balaban J connectivity index is 2.64. The second-order valence-electron chi connectivity index (χ2n) is 3.26. The van der Waals surface area contributed by atoms with Crippen LogP contribution in [-0.2, 0) is 23.0 Å². The smallest absolute Gasteiger partial charge is 0.208 e. The Kier molecular flexibility index (Phi) is 4.75. The van der Waals surface area contributed by atoms with Gasteiger partial charge in [0.05, 0.1) is 6.26 Å². The average molecular weight is 264 g/mol. The highest BCUT2D eigenvalue weighted by Gasteiger charge is 2.10. The summed E-state index contributed by atoms with van der Waals surface area (Å²) < 4.78 is 26.2. The Labute approximate surface area is 99.9 Å². The molecule has 1 heterocycles. The van der Waals surface area contributed by atoms with Gasteiger partial charge in [0.1, 0.15) is 5.82 Å². The Morgan fingerprint density at radius 2 is 2.12 bits per heavy atom. The maximum Gasteiger partial charge on any atom is 0.208 e. The van der Waals surface area contributed by atoms with E-state index in [0.717, 1.165) is 23.8 Å². The molecule has 6 nitrogen and oxygen atoms in total. The van der Waals surface area contributed by atoms with E-state index in [-0.39, 0.29) is 0 Å². The fourth-order valence-corrected chi connectivity index (χ4v) is 2.37. The Bertz CT molecular complexity index is 441. The molecule has 0 spiro atoms. The molecule has 0 fully saturated rings. The molecule has 0 aliphatic rings. The molecule has 0 radical (unpaired) electrons. The van der Waals surface area contributed by atoms with E-state index in [1.165, 1.54) is 11.8 Å². The Morgan fingerprint density at radius 3 is 2.62 bits per heavy atom. The first-order valence-corrected chi connectivity index (χ1v) is 8.00. The van der Waals surface area contributed by atoms with Gasteiger partial charge in [-0.3, -0.25) is 0 Å². The summed E-state index contributed by atoms with van der Waals surface area (Å²) in [6, 6.07) is 0. The first kappa shape index (κ1) is 13.5. The van der Waals surface area contributed by atoms with Crippen LogP contribution in [0.3, 0.4) is 0 Å². The summed E-state index contributed by atoms with van der Waals surface area (Å²) in [5.74, 6) is 0.808. The van der Waals surface area contributed by atoms with E-state index >= 15 is 0 Å². The Morgan fingerprint density at radius 1 is 1.44 bits per heavy atom. The van der Waals surface area contributed by atoms with E-state index in [9.17, 15) is 8.42 Å². The quantitative estimate of drug-likeness (QED) is 0.738. The monoisotopic (exact) mass is 264 g/mol. The van der Waals surface area contributed by atoms with Gasteiger partial charge < -0.3 is 4.57 Å². The fourth-order valence-electron chi connectivity index (χ4n) is 1.32. The van der Waals surface area contributed by atoms with E-state index < -0.39 is 10.0 Å². The molecule has 0 aromatic carbocycles. The minimum absolute atomic E-state index is 0.353. The largest absolute Gasteiger partial charge is 0.306 e. The zero-order chi connectivity index (χ0) is 12.2. The lowest BCUT2D eigenvalue weighted by Gasteiger charge is -2.05. The molecule has 16 heavy (non-hydrogen) atoms. The van der Waals surface area contributed by atoms with Gasteiger partial charge in [-0.25, -0.2) is 13.1 Å². The van der Waals surface area contributed by atoms with Crippen molar-refractivity contribution < 1.29 is 8.42 Å². The number of nitrogens with zero attached hydrogens (tertiary/aromatic N) is 3. The van der Waals surface area contributed by atoms with E-state index in [2.05, 4.69) is 14.9 Å². The first-order valence-electron chi connectivity index (χ1n) is 4.88. The maximum atomic E-state index is 10.9. The van der Waals surface area contributed by atoms with E-state index in [1.54, 1.807) is 0 Å². The summed E-state index contributed by atoms with van der Waals surface area (Å²) in [7, 11) is -3.13. The molecule has 0 amide bonds. The third-order valence-corrected chi connectivity index (χ3v) is 3.40. The molecule has 1 rings (SSSR count). The molecule has 0 saturated carbocycles. The molecule has 0 aliphatic carbocycles. The number of sulfonamides is 1. The van der Waals surface area contributed by atoms with Gasteiger partial charge in [-0.15, -0.1) is 10.2 Å². The van der Waals surface area contributed by atoms with Crippen molar-refractivity contribution in [1.29, 1.82) is 0 Å². The lowest BCUT2D eigenvalue weighted by Crippen LogP contribution is -2.25. The SMILES string of the molecule is CCn1c(CCNS(C)(=O)=O)nnc1SC. The van der Waals surface area contributed by atoms with Crippen LogP contribution >= 0.6 is 11.8 Å². The van der Waals surface area contributed by atoms with Gasteiger partial charge >= 0.3 is 0 Å². The summed E-state index contributed by atoms with van der Waals surface area (Å²) >= 11 is 1.53. The molecule has 1 N–H and O–H groups in total. The van der Waals surface area contributed by atoms with E-state index in [4.69, 9.17) is 0 Å². The Hall–Kier alpha value is -0.600. The molecule has 1 aromatic rings. The summed E-state index contributed by atoms with van der Waals surface area (Å²) in [5.41, 5.74) is 0. The number of hydrogen-bond acceptors (Lipinski definition) is 5. The van der Waals surface area contributed by atoms with Crippen LogP contribution in [0, 0.1) is 0 Å². The predicted octanol–water partition coefficient (Wildman–Crippen LogP) is 0.112. The van der Waals surface area contributed by atoms with E-state index in [1.807, 2.05) is 17.7 Å². The van der Waals surface area contributed by atoms with Gasteiger partial charge in [0.2, 0.25) is 10.0 Å². The average Bonchev–Trinajstić information content (AvgIpc) is 2.58. The highest BCUT2D eigenvalue weighted by atomic mass is 32.2. The van der Waals surface area contributed by atoms with Crippen molar-refractivity contribution in [3.8, 4) is 0 Å².